The molecule has 0 unspecified atom stereocenters. The van der Waals surface area contributed by atoms with Gasteiger partial charge in [0.05, 0.1) is 15.8 Å². The van der Waals surface area contributed by atoms with Crippen LogP contribution in [0.1, 0.15) is 51.2 Å². The molecule has 134 valence electrons. The fourth-order valence-electron chi connectivity index (χ4n) is 3.89. The van der Waals surface area contributed by atoms with E-state index >= 15 is 0 Å². The van der Waals surface area contributed by atoms with Crippen LogP contribution in [0, 0.1) is 13.8 Å². The predicted molar refractivity (Wildman–Crippen MR) is 106 cm³/mol. The zero-order valence-electron chi connectivity index (χ0n) is 15.9. The number of rotatable bonds is 3. The summed E-state index contributed by atoms with van der Waals surface area (Å²) in [6.07, 6.45) is 3.44. The number of hydrogen-bond donors (Lipinski definition) is 0. The molecule has 3 atom stereocenters. The number of hydrogen-bond acceptors (Lipinski definition) is 3. The summed E-state index contributed by atoms with van der Waals surface area (Å²) in [7, 11) is 0. The van der Waals surface area contributed by atoms with Crippen molar-refractivity contribution in [2.45, 2.75) is 76.2 Å². The highest BCUT2D eigenvalue weighted by molar-refractivity contribution is 8.00. The lowest BCUT2D eigenvalue weighted by Crippen LogP contribution is -2.50. The number of carbonyl (C=O) groups excluding carboxylic acids is 1. The third kappa shape index (κ3) is 3.69. The van der Waals surface area contributed by atoms with Gasteiger partial charge in [0.25, 0.3) is 0 Å². The molecule has 1 fully saturated rings. The number of likely N-dealkylation sites (tertiary alicyclic amines) is 1. The Kier molecular flexibility index (Phi) is 5.38. The number of aromatic nitrogens is 1. The number of carbonyl (C=O) groups is 1. The summed E-state index contributed by atoms with van der Waals surface area (Å²) in [4.78, 5) is 19.9. The van der Waals surface area contributed by atoms with Gasteiger partial charge < -0.3 is 4.90 Å². The van der Waals surface area contributed by atoms with E-state index in [1.54, 1.807) is 11.8 Å². The molecule has 1 amide bonds. The second kappa shape index (κ2) is 7.36. The topological polar surface area (TPSA) is 33.2 Å². The molecule has 2 heterocycles. The van der Waals surface area contributed by atoms with E-state index in [4.69, 9.17) is 4.98 Å². The molecule has 1 aliphatic heterocycles. The number of fused-ring (bicyclic) bond motifs is 1. The van der Waals surface area contributed by atoms with Gasteiger partial charge in [0, 0.05) is 17.5 Å². The minimum Gasteiger partial charge on any atom is -0.336 e. The van der Waals surface area contributed by atoms with Gasteiger partial charge in [-0.15, -0.1) is 0 Å². The van der Waals surface area contributed by atoms with E-state index in [9.17, 15) is 4.79 Å². The molecule has 1 saturated heterocycles. The van der Waals surface area contributed by atoms with Gasteiger partial charge in [-0.05, 0) is 71.1 Å². The van der Waals surface area contributed by atoms with Crippen molar-refractivity contribution in [3.05, 3.63) is 35.4 Å². The van der Waals surface area contributed by atoms with Crippen LogP contribution in [0.5, 0.6) is 0 Å². The Balaban J connectivity index is 1.83. The van der Waals surface area contributed by atoms with Crippen LogP contribution >= 0.6 is 11.8 Å². The van der Waals surface area contributed by atoms with Crippen LogP contribution in [0.4, 0.5) is 0 Å². The van der Waals surface area contributed by atoms with Crippen molar-refractivity contribution in [2.24, 2.45) is 0 Å². The Morgan fingerprint density at radius 1 is 1.20 bits per heavy atom. The lowest BCUT2D eigenvalue weighted by Gasteiger charge is -2.40. The van der Waals surface area contributed by atoms with Gasteiger partial charge in [0.1, 0.15) is 0 Å². The summed E-state index contributed by atoms with van der Waals surface area (Å²) < 4.78 is 0. The van der Waals surface area contributed by atoms with Gasteiger partial charge in [0.2, 0.25) is 5.91 Å². The van der Waals surface area contributed by atoms with Crippen molar-refractivity contribution >= 4 is 28.6 Å². The van der Waals surface area contributed by atoms with Crippen LogP contribution in [-0.2, 0) is 4.79 Å². The second-order valence-electron chi connectivity index (χ2n) is 7.38. The quantitative estimate of drug-likeness (QED) is 0.716. The monoisotopic (exact) mass is 356 g/mol. The van der Waals surface area contributed by atoms with Crippen molar-refractivity contribution < 1.29 is 4.79 Å². The summed E-state index contributed by atoms with van der Waals surface area (Å²) in [5.41, 5.74) is 3.44. The normalized spacial score (nSPS) is 22.2. The Morgan fingerprint density at radius 3 is 2.56 bits per heavy atom. The highest BCUT2D eigenvalue weighted by atomic mass is 32.2. The first-order chi connectivity index (χ1) is 11.9. The van der Waals surface area contributed by atoms with Crippen molar-refractivity contribution in [1.29, 1.82) is 0 Å². The number of aryl methyl sites for hydroxylation is 2. The molecule has 0 radical (unpaired) electrons. The number of benzene rings is 1. The summed E-state index contributed by atoms with van der Waals surface area (Å²) in [5.74, 6) is 0.244. The van der Waals surface area contributed by atoms with Crippen LogP contribution in [0.25, 0.3) is 10.9 Å². The molecule has 1 aliphatic rings. The number of piperidine rings is 1. The van der Waals surface area contributed by atoms with Crippen LogP contribution in [0.2, 0.25) is 0 Å². The number of pyridine rings is 1. The maximum Gasteiger partial charge on any atom is 0.236 e. The lowest BCUT2D eigenvalue weighted by molar-refractivity contribution is -0.136. The Labute approximate surface area is 155 Å². The first-order valence-corrected chi connectivity index (χ1v) is 10.1. The standard InChI is InChI=1S/C21H28N2OS/c1-13-8-6-11-18-14(2)12-19(22-20(13)18)25-17(5)21(24)23-15(3)9-7-10-16(23)4/h6,8,11-12,15-17H,7,9-10H2,1-5H3/t15-,16-,17+/m0/s1. The molecule has 0 N–H and O–H groups in total. The average molecular weight is 357 g/mol. The number of thioether (sulfide) groups is 1. The van der Waals surface area contributed by atoms with Crippen molar-refractivity contribution in [2.75, 3.05) is 0 Å². The molecular weight excluding hydrogens is 328 g/mol. The van der Waals surface area contributed by atoms with Gasteiger partial charge in [0.15, 0.2) is 0 Å². The SMILES string of the molecule is Cc1cc(S[C@H](C)C(=O)N2[C@@H](C)CCC[C@@H]2C)nc2c(C)cccc12. The molecule has 1 aromatic heterocycles. The summed E-state index contributed by atoms with van der Waals surface area (Å²) in [6, 6.07) is 9.07. The van der Waals surface area contributed by atoms with Gasteiger partial charge in [-0.25, -0.2) is 4.98 Å². The molecule has 1 aromatic carbocycles. The zero-order valence-corrected chi connectivity index (χ0v) is 16.7. The third-order valence-electron chi connectivity index (χ3n) is 5.32. The van der Waals surface area contributed by atoms with E-state index in [1.165, 1.54) is 22.9 Å². The number of amides is 1. The first-order valence-electron chi connectivity index (χ1n) is 9.24. The van der Waals surface area contributed by atoms with Crippen LogP contribution in [0.15, 0.2) is 29.3 Å². The van der Waals surface area contributed by atoms with E-state index in [-0.39, 0.29) is 11.2 Å². The Bertz CT molecular complexity index is 779. The summed E-state index contributed by atoms with van der Waals surface area (Å²) in [5, 5.41) is 2.02. The largest absolute Gasteiger partial charge is 0.336 e. The molecule has 0 aliphatic carbocycles. The van der Waals surface area contributed by atoms with E-state index in [1.807, 2.05) is 6.92 Å². The highest BCUT2D eigenvalue weighted by Crippen LogP contribution is 2.31. The highest BCUT2D eigenvalue weighted by Gasteiger charge is 2.32. The third-order valence-corrected chi connectivity index (χ3v) is 6.32. The summed E-state index contributed by atoms with van der Waals surface area (Å²) in [6.45, 7) is 10.6. The van der Waals surface area contributed by atoms with E-state index in [2.05, 4.69) is 56.9 Å². The fourth-order valence-corrected chi connectivity index (χ4v) is 4.86. The molecule has 0 spiro atoms. The smallest absolute Gasteiger partial charge is 0.236 e. The Morgan fingerprint density at radius 2 is 1.88 bits per heavy atom. The zero-order chi connectivity index (χ0) is 18.1. The molecule has 3 nitrogen and oxygen atoms in total. The lowest BCUT2D eigenvalue weighted by atomic mass is 9.97. The first kappa shape index (κ1) is 18.2. The maximum absolute atomic E-state index is 13.0. The van der Waals surface area contributed by atoms with Crippen molar-refractivity contribution in [3.8, 4) is 0 Å². The van der Waals surface area contributed by atoms with Gasteiger partial charge >= 0.3 is 0 Å². The molecular formula is C21H28N2OS. The number of nitrogens with zero attached hydrogens (tertiary/aromatic N) is 2. The van der Waals surface area contributed by atoms with Crippen molar-refractivity contribution in [1.82, 2.24) is 9.88 Å². The summed E-state index contributed by atoms with van der Waals surface area (Å²) >= 11 is 1.58. The van der Waals surface area contributed by atoms with Crippen LogP contribution in [-0.4, -0.2) is 33.1 Å². The van der Waals surface area contributed by atoms with Gasteiger partial charge in [-0.3, -0.25) is 4.79 Å². The molecule has 2 aromatic rings. The minimum atomic E-state index is -0.114. The Hall–Kier alpha value is -1.55. The molecule has 25 heavy (non-hydrogen) atoms. The predicted octanol–water partition coefficient (Wildman–Crippen LogP) is 5.12. The molecule has 0 bridgehead atoms. The van der Waals surface area contributed by atoms with Crippen LogP contribution < -0.4 is 0 Å². The van der Waals surface area contributed by atoms with E-state index in [0.29, 0.717) is 12.1 Å². The minimum absolute atomic E-state index is 0.114. The van der Waals surface area contributed by atoms with Crippen molar-refractivity contribution in [3.63, 3.8) is 0 Å². The number of para-hydroxylation sites is 1. The second-order valence-corrected chi connectivity index (χ2v) is 8.74. The molecule has 3 rings (SSSR count). The van der Waals surface area contributed by atoms with Gasteiger partial charge in [-0.2, -0.15) is 0 Å². The van der Waals surface area contributed by atoms with Crippen LogP contribution in [0.3, 0.4) is 0 Å². The molecule has 4 heteroatoms. The molecule has 0 saturated carbocycles. The van der Waals surface area contributed by atoms with Gasteiger partial charge in [-0.1, -0.05) is 30.0 Å². The average Bonchev–Trinajstić information content (AvgIpc) is 2.55. The van der Waals surface area contributed by atoms with E-state index < -0.39 is 0 Å². The van der Waals surface area contributed by atoms with E-state index in [0.717, 1.165) is 23.4 Å². The maximum atomic E-state index is 13.0. The fraction of sp³-hybridized carbons (Fsp3) is 0.524.